The van der Waals surface area contributed by atoms with E-state index >= 15 is 0 Å². The molecule has 0 radical (unpaired) electrons. The first-order valence-electron chi connectivity index (χ1n) is 5.17. The average Bonchev–Trinajstić information content (AvgIpc) is 2.79. The minimum Gasteiger partial charge on any atom is -0.480 e. The van der Waals surface area contributed by atoms with E-state index in [4.69, 9.17) is 5.11 Å². The molecule has 0 aliphatic rings. The van der Waals surface area contributed by atoms with Crippen molar-refractivity contribution < 1.29 is 19.2 Å². The monoisotopic (exact) mass is 377 g/mol. The highest BCUT2D eigenvalue weighted by Gasteiger charge is 2.21. The summed E-state index contributed by atoms with van der Waals surface area (Å²) in [5.41, 5.74) is -0.349. The van der Waals surface area contributed by atoms with Gasteiger partial charge in [0.15, 0.2) is 0 Å². The summed E-state index contributed by atoms with van der Waals surface area (Å²) in [7, 11) is 0. The van der Waals surface area contributed by atoms with E-state index in [1.54, 1.807) is 0 Å². The van der Waals surface area contributed by atoms with Gasteiger partial charge in [0.2, 0.25) is 5.16 Å². The molecule has 1 aromatic carbocycles. The van der Waals surface area contributed by atoms with Crippen molar-refractivity contribution in [3.63, 3.8) is 0 Å². The van der Waals surface area contributed by atoms with Crippen molar-refractivity contribution in [2.45, 2.75) is 16.6 Å². The summed E-state index contributed by atoms with van der Waals surface area (Å²) >= 11 is 3.56. The molecule has 1 aromatic heterocycles. The Bertz CT molecular complexity index is 724. The Hall–Kier alpha value is -2.08. The van der Waals surface area contributed by atoms with Crippen LogP contribution < -0.4 is 0 Å². The van der Waals surface area contributed by atoms with Crippen molar-refractivity contribution >= 4 is 39.3 Å². The number of carboxylic acid groups (broad SMARTS) is 1. The van der Waals surface area contributed by atoms with Gasteiger partial charge >= 0.3 is 5.97 Å². The highest BCUT2D eigenvalue weighted by molar-refractivity contribution is 9.10. The topological polar surface area (TPSA) is 124 Å². The molecule has 110 valence electrons. The van der Waals surface area contributed by atoms with Crippen molar-refractivity contribution in [3.8, 4) is 0 Å². The number of hydrogen-bond donors (Lipinski definition) is 1. The second-order valence-electron chi connectivity index (χ2n) is 3.61. The van der Waals surface area contributed by atoms with Crippen molar-refractivity contribution in [1.29, 1.82) is 0 Å². The Labute approximate surface area is 128 Å². The summed E-state index contributed by atoms with van der Waals surface area (Å²) in [6, 6.07) is 1.97. The quantitative estimate of drug-likeness (QED) is 0.616. The van der Waals surface area contributed by atoms with E-state index in [0.717, 1.165) is 16.8 Å². The maximum absolute atomic E-state index is 13.5. The molecule has 0 amide bonds. The van der Waals surface area contributed by atoms with Gasteiger partial charge in [-0.05, 0) is 44.2 Å². The largest absolute Gasteiger partial charge is 0.480 e. The van der Waals surface area contributed by atoms with Crippen molar-refractivity contribution in [2.24, 2.45) is 0 Å². The standard InChI is InChI=1S/C9H5BrFN5O4S/c10-4-1-6(16(19)20)7(2-5(4)11)21-9-12-13-14-15(9)3-8(17)18/h1-2H,3H2,(H,17,18). The Morgan fingerprint density at radius 1 is 1.57 bits per heavy atom. The summed E-state index contributed by atoms with van der Waals surface area (Å²) in [6.45, 7) is -0.512. The number of halogens is 2. The molecule has 9 nitrogen and oxygen atoms in total. The second-order valence-corrected chi connectivity index (χ2v) is 5.47. The lowest BCUT2D eigenvalue weighted by Gasteiger charge is -2.04. The van der Waals surface area contributed by atoms with E-state index in [-0.39, 0.29) is 20.2 Å². The van der Waals surface area contributed by atoms with Crippen molar-refractivity contribution in [2.75, 3.05) is 0 Å². The van der Waals surface area contributed by atoms with Crippen LogP contribution in [0.25, 0.3) is 0 Å². The number of benzene rings is 1. The van der Waals surface area contributed by atoms with Gasteiger partial charge in [-0.25, -0.2) is 9.07 Å². The maximum atomic E-state index is 13.5. The molecule has 0 atom stereocenters. The zero-order chi connectivity index (χ0) is 15.6. The predicted molar refractivity (Wildman–Crippen MR) is 70.3 cm³/mol. The van der Waals surface area contributed by atoms with E-state index in [1.165, 1.54) is 0 Å². The summed E-state index contributed by atoms with van der Waals surface area (Å²) in [5.74, 6) is -1.87. The Morgan fingerprint density at radius 2 is 2.29 bits per heavy atom. The molecule has 1 N–H and O–H groups in total. The molecule has 0 spiro atoms. The smallest absolute Gasteiger partial charge is 0.325 e. The molecule has 0 saturated carbocycles. The summed E-state index contributed by atoms with van der Waals surface area (Å²) in [5, 5.41) is 30.0. The zero-order valence-corrected chi connectivity index (χ0v) is 12.3. The van der Waals surface area contributed by atoms with Gasteiger partial charge in [0.1, 0.15) is 12.4 Å². The minimum absolute atomic E-state index is 0.00206. The van der Waals surface area contributed by atoms with Crippen LogP contribution in [0.2, 0.25) is 0 Å². The Balaban J connectivity index is 2.40. The number of tetrazole rings is 1. The van der Waals surface area contributed by atoms with Crippen LogP contribution in [0.5, 0.6) is 0 Å². The maximum Gasteiger partial charge on any atom is 0.325 e. The Kier molecular flexibility index (Phi) is 4.47. The molecule has 0 bridgehead atoms. The van der Waals surface area contributed by atoms with Crippen LogP contribution in [-0.2, 0) is 11.3 Å². The fourth-order valence-electron chi connectivity index (χ4n) is 1.34. The van der Waals surface area contributed by atoms with Crippen molar-refractivity contribution in [3.05, 3.63) is 32.5 Å². The normalized spacial score (nSPS) is 10.6. The Morgan fingerprint density at radius 3 is 2.90 bits per heavy atom. The first kappa shape index (κ1) is 15.3. The second kappa shape index (κ2) is 6.13. The molecule has 1 heterocycles. The van der Waals surface area contributed by atoms with Gasteiger partial charge in [-0.1, -0.05) is 0 Å². The number of carboxylic acids is 1. The van der Waals surface area contributed by atoms with Gasteiger partial charge < -0.3 is 5.11 Å². The number of rotatable bonds is 5. The van der Waals surface area contributed by atoms with Gasteiger partial charge in [0.05, 0.1) is 14.3 Å². The fourth-order valence-corrected chi connectivity index (χ4v) is 2.55. The number of carbonyl (C=O) groups is 1. The molecule has 12 heteroatoms. The van der Waals surface area contributed by atoms with Crippen molar-refractivity contribution in [1.82, 2.24) is 20.2 Å². The molecule has 0 fully saturated rings. The van der Waals surface area contributed by atoms with Crippen LogP contribution in [0.1, 0.15) is 0 Å². The third kappa shape index (κ3) is 3.52. The fraction of sp³-hybridized carbons (Fsp3) is 0.111. The summed E-state index contributed by atoms with van der Waals surface area (Å²) in [6.07, 6.45) is 0. The van der Waals surface area contributed by atoms with Gasteiger partial charge in [0.25, 0.3) is 5.69 Å². The van der Waals surface area contributed by atoms with E-state index in [1.807, 2.05) is 0 Å². The average molecular weight is 378 g/mol. The minimum atomic E-state index is -1.18. The number of nitro benzene ring substituents is 1. The van der Waals surface area contributed by atoms with Gasteiger partial charge in [-0.15, -0.1) is 5.10 Å². The highest BCUT2D eigenvalue weighted by Crippen LogP contribution is 2.36. The summed E-state index contributed by atoms with van der Waals surface area (Å²) in [4.78, 5) is 20.9. The van der Waals surface area contributed by atoms with Crippen LogP contribution in [0, 0.1) is 15.9 Å². The third-order valence-corrected chi connectivity index (χ3v) is 3.81. The third-order valence-electron chi connectivity index (χ3n) is 2.18. The molecule has 2 aromatic rings. The first-order valence-corrected chi connectivity index (χ1v) is 6.78. The van der Waals surface area contributed by atoms with Crippen LogP contribution in [0.15, 0.2) is 26.7 Å². The molecule has 21 heavy (non-hydrogen) atoms. The number of aromatic nitrogens is 4. The highest BCUT2D eigenvalue weighted by atomic mass is 79.9. The molecule has 2 rings (SSSR count). The molecule has 0 aliphatic heterocycles. The predicted octanol–water partition coefficient (Wildman–Crippen LogP) is 1.72. The van der Waals surface area contributed by atoms with Gasteiger partial charge in [-0.2, -0.15) is 0 Å². The number of nitro groups is 1. The van der Waals surface area contributed by atoms with Crippen LogP contribution >= 0.6 is 27.7 Å². The number of nitrogens with zero attached hydrogens (tertiary/aromatic N) is 5. The van der Waals surface area contributed by atoms with Crippen LogP contribution in [-0.4, -0.2) is 36.2 Å². The van der Waals surface area contributed by atoms with Crippen LogP contribution in [0.3, 0.4) is 0 Å². The summed E-state index contributed by atoms with van der Waals surface area (Å²) < 4.78 is 14.4. The lowest BCUT2D eigenvalue weighted by molar-refractivity contribution is -0.387. The molecule has 0 unspecified atom stereocenters. The lowest BCUT2D eigenvalue weighted by Crippen LogP contribution is -2.11. The van der Waals surface area contributed by atoms with E-state index in [9.17, 15) is 19.3 Å². The zero-order valence-electron chi connectivity index (χ0n) is 9.93. The van der Waals surface area contributed by atoms with Gasteiger partial charge in [0, 0.05) is 6.07 Å². The SMILES string of the molecule is O=C(O)Cn1nnnc1Sc1cc(F)c(Br)cc1[N+](=O)[O-]. The molecular formula is C9H5BrFN5O4S. The number of aliphatic carboxylic acids is 1. The lowest BCUT2D eigenvalue weighted by atomic mass is 10.3. The molecule has 0 aliphatic carbocycles. The molecule has 0 saturated heterocycles. The van der Waals surface area contributed by atoms with E-state index in [0.29, 0.717) is 11.8 Å². The number of hydrogen-bond acceptors (Lipinski definition) is 7. The van der Waals surface area contributed by atoms with E-state index in [2.05, 4.69) is 31.5 Å². The molecular weight excluding hydrogens is 373 g/mol. The van der Waals surface area contributed by atoms with Gasteiger partial charge in [-0.3, -0.25) is 14.9 Å². The first-order chi connectivity index (χ1) is 9.88. The van der Waals surface area contributed by atoms with E-state index < -0.39 is 23.3 Å². The van der Waals surface area contributed by atoms with Crippen LogP contribution in [0.4, 0.5) is 10.1 Å².